The second-order valence-electron chi connectivity index (χ2n) is 7.74. The number of nitrogens with two attached hydrogens (primary N) is 2. The lowest BCUT2D eigenvalue weighted by Gasteiger charge is -2.28. The van der Waals surface area contributed by atoms with Crippen molar-refractivity contribution in [3.05, 3.63) is 95.8 Å². The molecule has 33 heavy (non-hydrogen) atoms. The van der Waals surface area contributed by atoms with E-state index in [-0.39, 0.29) is 5.56 Å². The predicted molar refractivity (Wildman–Crippen MR) is 129 cm³/mol. The quantitative estimate of drug-likeness (QED) is 0.189. The van der Waals surface area contributed by atoms with Crippen molar-refractivity contribution in [2.24, 2.45) is 11.6 Å². The van der Waals surface area contributed by atoms with Gasteiger partial charge in [0.1, 0.15) is 0 Å². The van der Waals surface area contributed by atoms with E-state index in [0.29, 0.717) is 11.4 Å². The molecule has 0 bridgehead atoms. The second kappa shape index (κ2) is 10.5. The number of halogens is 2. The molecule has 3 aromatic carbocycles. The largest absolute Gasteiger partial charge is 0.403 e. The Hall–Kier alpha value is -3.40. The Morgan fingerprint density at radius 1 is 0.939 bits per heavy atom. The molecule has 6 nitrogen and oxygen atoms in total. The fourth-order valence-corrected chi connectivity index (χ4v) is 3.74. The van der Waals surface area contributed by atoms with Gasteiger partial charge in [-0.05, 0) is 79.4 Å². The van der Waals surface area contributed by atoms with Crippen LogP contribution >= 0.6 is 11.9 Å². The molecular formula is C24H25F2N5OS. The first-order valence-electron chi connectivity index (χ1n) is 10.0. The smallest absolute Gasteiger partial charge is 0.255 e. The van der Waals surface area contributed by atoms with Gasteiger partial charge in [-0.15, -0.1) is 0 Å². The van der Waals surface area contributed by atoms with Gasteiger partial charge in [0.25, 0.3) is 5.91 Å². The van der Waals surface area contributed by atoms with Crippen molar-refractivity contribution in [1.82, 2.24) is 10.1 Å². The Balaban J connectivity index is 1.62. The Morgan fingerprint density at radius 2 is 1.55 bits per heavy atom. The molecule has 0 radical (unpaired) electrons. The number of hydrogen-bond donors (Lipinski definition) is 5. The van der Waals surface area contributed by atoms with E-state index in [1.165, 1.54) is 24.2 Å². The summed E-state index contributed by atoms with van der Waals surface area (Å²) in [6.45, 7) is 3.92. The fourth-order valence-electron chi connectivity index (χ4n) is 2.98. The highest BCUT2D eigenvalue weighted by Gasteiger charge is 2.22. The lowest BCUT2D eigenvalue weighted by molar-refractivity contribution is 0.102. The maximum Gasteiger partial charge on any atom is 0.255 e. The molecule has 0 aliphatic rings. The van der Waals surface area contributed by atoms with Gasteiger partial charge in [-0.3, -0.25) is 10.6 Å². The van der Waals surface area contributed by atoms with Crippen LogP contribution in [0.15, 0.2) is 83.5 Å². The number of carbonyl (C=O) groups is 1. The van der Waals surface area contributed by atoms with Crippen LogP contribution in [-0.4, -0.2) is 11.4 Å². The first-order valence-corrected chi connectivity index (χ1v) is 10.8. The molecule has 0 saturated carbocycles. The molecule has 0 unspecified atom stereocenters. The van der Waals surface area contributed by atoms with Crippen LogP contribution in [0.2, 0.25) is 0 Å². The monoisotopic (exact) mass is 469 g/mol. The van der Waals surface area contributed by atoms with Crippen LogP contribution < -0.4 is 27.0 Å². The average molecular weight is 470 g/mol. The molecule has 172 valence electrons. The van der Waals surface area contributed by atoms with E-state index in [1.807, 2.05) is 50.2 Å². The van der Waals surface area contributed by atoms with Crippen LogP contribution in [0.1, 0.15) is 24.2 Å². The van der Waals surface area contributed by atoms with Gasteiger partial charge in [0.05, 0.1) is 11.2 Å². The number of hydrogen-bond acceptors (Lipinski definition) is 6. The summed E-state index contributed by atoms with van der Waals surface area (Å²) in [5.74, 6) is 2.92. The summed E-state index contributed by atoms with van der Waals surface area (Å²) in [6.07, 6.45) is 1.43. The summed E-state index contributed by atoms with van der Waals surface area (Å²) in [4.78, 5) is 13.3. The summed E-state index contributed by atoms with van der Waals surface area (Å²) in [7, 11) is 0. The van der Waals surface area contributed by atoms with Gasteiger partial charge in [-0.2, -0.15) is 0 Å². The van der Waals surface area contributed by atoms with Crippen molar-refractivity contribution in [2.45, 2.75) is 24.3 Å². The Morgan fingerprint density at radius 3 is 2.09 bits per heavy atom. The average Bonchev–Trinajstić information content (AvgIpc) is 2.81. The maximum atomic E-state index is 13.3. The predicted octanol–water partition coefficient (Wildman–Crippen LogP) is 4.52. The number of anilines is 1. The van der Waals surface area contributed by atoms with E-state index in [9.17, 15) is 13.6 Å². The van der Waals surface area contributed by atoms with Gasteiger partial charge in [-0.25, -0.2) is 13.5 Å². The Bertz CT molecular complexity index is 1150. The molecule has 0 aromatic heterocycles. The lowest BCUT2D eigenvalue weighted by Crippen LogP contribution is -2.44. The van der Waals surface area contributed by atoms with Gasteiger partial charge >= 0.3 is 0 Å². The molecule has 7 N–H and O–H groups in total. The SMILES string of the molecule is CC(C)(NSc1ccc(-c2ccc(NC(=O)c3ccc(F)c(F)c3)cc2)cc1)/C(=C/N)NN. The molecule has 0 aliphatic carbocycles. The standard InChI is InChI=1S/C24H25F2N5OS/c1-24(2,22(14-27)30-28)31-33-19-10-5-16(6-11-19)15-3-8-18(9-4-15)29-23(32)17-7-12-20(25)21(26)13-17/h3-14,30-31H,27-28H2,1-2H3,(H,29,32)/b22-14-. The molecule has 0 atom stereocenters. The van der Waals surface area contributed by atoms with Crippen LogP contribution in [0.3, 0.4) is 0 Å². The summed E-state index contributed by atoms with van der Waals surface area (Å²) in [5.41, 5.74) is 11.0. The van der Waals surface area contributed by atoms with Crippen molar-refractivity contribution in [1.29, 1.82) is 0 Å². The fraction of sp³-hybridized carbons (Fsp3) is 0.125. The number of rotatable bonds is 8. The van der Waals surface area contributed by atoms with Crippen molar-refractivity contribution in [3.63, 3.8) is 0 Å². The number of carbonyl (C=O) groups excluding carboxylic acids is 1. The molecular weight excluding hydrogens is 444 g/mol. The molecule has 9 heteroatoms. The van der Waals surface area contributed by atoms with Crippen molar-refractivity contribution in [2.75, 3.05) is 5.32 Å². The Kier molecular flexibility index (Phi) is 7.70. The zero-order chi connectivity index (χ0) is 24.0. The van der Waals surface area contributed by atoms with Crippen LogP contribution in [0.5, 0.6) is 0 Å². The van der Waals surface area contributed by atoms with Gasteiger partial charge < -0.3 is 16.5 Å². The van der Waals surface area contributed by atoms with Gasteiger partial charge in [0.15, 0.2) is 11.6 Å². The van der Waals surface area contributed by atoms with Gasteiger partial charge in [0, 0.05) is 22.3 Å². The number of benzene rings is 3. The first-order chi connectivity index (χ1) is 15.7. The summed E-state index contributed by atoms with van der Waals surface area (Å²) < 4.78 is 29.7. The summed E-state index contributed by atoms with van der Waals surface area (Å²) >= 11 is 1.46. The van der Waals surface area contributed by atoms with Crippen LogP contribution in [0.25, 0.3) is 11.1 Å². The van der Waals surface area contributed by atoms with E-state index >= 15 is 0 Å². The summed E-state index contributed by atoms with van der Waals surface area (Å²) in [5, 5.41) is 2.68. The number of nitrogens with one attached hydrogen (secondary N) is 3. The van der Waals surface area contributed by atoms with E-state index in [1.54, 1.807) is 12.1 Å². The molecule has 3 aromatic rings. The second-order valence-corrected chi connectivity index (χ2v) is 8.62. The number of amides is 1. The van der Waals surface area contributed by atoms with E-state index in [2.05, 4.69) is 15.5 Å². The highest BCUT2D eigenvalue weighted by molar-refractivity contribution is 7.97. The number of hydrazine groups is 1. The van der Waals surface area contributed by atoms with Crippen LogP contribution in [-0.2, 0) is 0 Å². The van der Waals surface area contributed by atoms with Crippen LogP contribution in [0, 0.1) is 11.6 Å². The lowest BCUT2D eigenvalue weighted by atomic mass is 10.0. The highest BCUT2D eigenvalue weighted by atomic mass is 32.2. The molecule has 0 saturated heterocycles. The van der Waals surface area contributed by atoms with Crippen molar-refractivity contribution in [3.8, 4) is 11.1 Å². The molecule has 0 fully saturated rings. The first kappa shape index (κ1) is 24.2. The highest BCUT2D eigenvalue weighted by Crippen LogP contribution is 2.26. The van der Waals surface area contributed by atoms with E-state index < -0.39 is 23.1 Å². The van der Waals surface area contributed by atoms with Crippen LogP contribution in [0.4, 0.5) is 14.5 Å². The minimum absolute atomic E-state index is 0.0409. The normalized spacial score (nSPS) is 11.8. The van der Waals surface area contributed by atoms with Gasteiger partial charge in [-0.1, -0.05) is 24.3 Å². The van der Waals surface area contributed by atoms with Gasteiger partial charge in [0.2, 0.25) is 0 Å². The third-order valence-corrected chi connectivity index (χ3v) is 6.05. The minimum atomic E-state index is -1.06. The van der Waals surface area contributed by atoms with E-state index in [0.717, 1.165) is 28.2 Å². The Labute approximate surface area is 195 Å². The third-order valence-electron chi connectivity index (χ3n) is 4.93. The molecule has 3 rings (SSSR count). The minimum Gasteiger partial charge on any atom is -0.403 e. The van der Waals surface area contributed by atoms with E-state index in [4.69, 9.17) is 11.6 Å². The molecule has 1 amide bonds. The third kappa shape index (κ3) is 6.10. The molecule has 0 aliphatic heterocycles. The maximum absolute atomic E-state index is 13.3. The van der Waals surface area contributed by atoms with Crippen molar-refractivity contribution < 1.29 is 13.6 Å². The topological polar surface area (TPSA) is 105 Å². The summed E-state index contributed by atoms with van der Waals surface area (Å²) in [6, 6.07) is 18.2. The molecule has 0 spiro atoms. The zero-order valence-electron chi connectivity index (χ0n) is 18.2. The van der Waals surface area contributed by atoms with Crippen molar-refractivity contribution >= 4 is 23.5 Å². The molecule has 0 heterocycles. The zero-order valence-corrected chi connectivity index (χ0v) is 19.0.